The van der Waals surface area contributed by atoms with E-state index >= 15 is 0 Å². The first kappa shape index (κ1) is 25.5. The summed E-state index contributed by atoms with van der Waals surface area (Å²) in [5.74, 6) is 1.36. The Balaban J connectivity index is 0.00000153. The Morgan fingerprint density at radius 2 is 1.94 bits per heavy atom. The second-order valence-corrected chi connectivity index (χ2v) is 9.54. The van der Waals surface area contributed by atoms with Gasteiger partial charge in [-0.25, -0.2) is 9.97 Å². The lowest BCUT2D eigenvalue weighted by Crippen LogP contribution is -2.04. The highest BCUT2D eigenvalue weighted by molar-refractivity contribution is 7.12. The molecule has 0 unspecified atom stereocenters. The van der Waals surface area contributed by atoms with E-state index in [9.17, 15) is 0 Å². The van der Waals surface area contributed by atoms with Crippen molar-refractivity contribution in [1.82, 2.24) is 24.8 Å². The van der Waals surface area contributed by atoms with Gasteiger partial charge >= 0.3 is 0 Å². The Labute approximate surface area is 214 Å². The smallest absolute Gasteiger partial charge is 0.194 e. The quantitative estimate of drug-likeness (QED) is 0.251. The predicted molar refractivity (Wildman–Crippen MR) is 145 cm³/mol. The largest absolute Gasteiger partial charge is 0.337 e. The number of aromatic amines is 1. The summed E-state index contributed by atoms with van der Waals surface area (Å²) in [5.41, 5.74) is 6.44. The lowest BCUT2D eigenvalue weighted by Gasteiger charge is -2.02. The average molecular weight is 523 g/mol. The topological polar surface area (TPSA) is 58.5 Å². The van der Waals surface area contributed by atoms with Gasteiger partial charge in [-0.2, -0.15) is 0 Å². The maximum Gasteiger partial charge on any atom is 0.194 e. The third kappa shape index (κ3) is 5.05. The molecule has 0 fully saturated rings. The summed E-state index contributed by atoms with van der Waals surface area (Å²) >= 11 is 7.94. The molecule has 33 heavy (non-hydrogen) atoms. The summed E-state index contributed by atoms with van der Waals surface area (Å²) in [6.07, 6.45) is 3.22. The van der Waals surface area contributed by atoms with E-state index in [0.29, 0.717) is 5.92 Å². The highest BCUT2D eigenvalue weighted by atomic mass is 35.5. The number of nitrogens with zero attached hydrogens (tertiary/aromatic N) is 3. The zero-order valence-electron chi connectivity index (χ0n) is 18.6. The minimum Gasteiger partial charge on any atom is -0.337 e. The summed E-state index contributed by atoms with van der Waals surface area (Å²) < 4.78 is 2.15. The van der Waals surface area contributed by atoms with Gasteiger partial charge in [0.1, 0.15) is 5.69 Å². The number of nitrogens with one attached hydrogen (secondary N) is 2. The minimum absolute atomic E-state index is 0. The van der Waals surface area contributed by atoms with Crippen LogP contribution in [0.3, 0.4) is 0 Å². The van der Waals surface area contributed by atoms with Crippen LogP contribution in [-0.2, 0) is 13.0 Å². The van der Waals surface area contributed by atoms with E-state index < -0.39 is 0 Å². The number of benzene rings is 2. The summed E-state index contributed by atoms with van der Waals surface area (Å²) in [6, 6.07) is 12.4. The Bertz CT molecular complexity index is 1390. The SMILES string of the molecule is CNCc1ccc2nc(-c3csc(-n4cc(CC(C)C)c5ccc(Cl)cc54)n3)[nH]c2c1.Cl.Cl. The van der Waals surface area contributed by atoms with Crippen LogP contribution in [0.4, 0.5) is 0 Å². The number of imidazole rings is 1. The van der Waals surface area contributed by atoms with Gasteiger partial charge in [0.05, 0.1) is 16.6 Å². The molecule has 0 saturated carbocycles. The van der Waals surface area contributed by atoms with Gasteiger partial charge in [0, 0.05) is 28.5 Å². The fourth-order valence-corrected chi connectivity index (χ4v) is 4.97. The Kier molecular flexibility index (Phi) is 8.08. The van der Waals surface area contributed by atoms with Crippen LogP contribution in [0.1, 0.15) is 25.0 Å². The fourth-order valence-electron chi connectivity index (χ4n) is 4.01. The van der Waals surface area contributed by atoms with Gasteiger partial charge in [-0.1, -0.05) is 37.6 Å². The summed E-state index contributed by atoms with van der Waals surface area (Å²) in [4.78, 5) is 13.1. The molecule has 0 spiro atoms. The standard InChI is InChI=1S/C24H24ClN5S.2ClH/c1-14(2)8-16-12-30(22-10-17(25)5-6-18(16)22)24-29-21(13-31-24)23-27-19-7-4-15(11-26-3)9-20(19)28-23;;/h4-7,9-10,12-14,26H,8,11H2,1-3H3,(H,27,28);2*1H. The van der Waals surface area contributed by atoms with Crippen LogP contribution >= 0.6 is 47.8 Å². The van der Waals surface area contributed by atoms with E-state index in [1.165, 1.54) is 16.5 Å². The number of H-pyrrole nitrogens is 1. The lowest BCUT2D eigenvalue weighted by molar-refractivity contribution is 0.649. The zero-order valence-corrected chi connectivity index (χ0v) is 21.8. The van der Waals surface area contributed by atoms with Crippen molar-refractivity contribution < 1.29 is 0 Å². The maximum atomic E-state index is 6.32. The molecule has 2 N–H and O–H groups in total. The molecule has 5 nitrogen and oxygen atoms in total. The Morgan fingerprint density at radius 1 is 1.12 bits per heavy atom. The fraction of sp³-hybridized carbons (Fsp3) is 0.250. The monoisotopic (exact) mass is 521 g/mol. The predicted octanol–water partition coefficient (Wildman–Crippen LogP) is 7.05. The zero-order chi connectivity index (χ0) is 21.5. The lowest BCUT2D eigenvalue weighted by atomic mass is 10.0. The molecule has 9 heteroatoms. The highest BCUT2D eigenvalue weighted by Gasteiger charge is 2.16. The number of rotatable bonds is 6. The highest BCUT2D eigenvalue weighted by Crippen LogP contribution is 2.32. The molecule has 0 aliphatic heterocycles. The van der Waals surface area contributed by atoms with E-state index in [0.717, 1.165) is 51.2 Å². The Hall–Kier alpha value is -2.09. The average Bonchev–Trinajstić information content (AvgIpc) is 3.44. The van der Waals surface area contributed by atoms with Gasteiger partial charge in [0.25, 0.3) is 0 Å². The van der Waals surface area contributed by atoms with E-state index in [2.05, 4.69) is 64.6 Å². The van der Waals surface area contributed by atoms with Crippen LogP contribution in [0.25, 0.3) is 38.6 Å². The molecule has 0 atom stereocenters. The van der Waals surface area contributed by atoms with Crippen LogP contribution in [0, 0.1) is 5.92 Å². The van der Waals surface area contributed by atoms with E-state index in [1.807, 2.05) is 19.2 Å². The molecule has 0 bridgehead atoms. The molecule has 3 aromatic heterocycles. The van der Waals surface area contributed by atoms with Crippen molar-refractivity contribution in [1.29, 1.82) is 0 Å². The Morgan fingerprint density at radius 3 is 2.70 bits per heavy atom. The van der Waals surface area contributed by atoms with Crippen molar-refractivity contribution in [3.8, 4) is 16.6 Å². The van der Waals surface area contributed by atoms with Crippen LogP contribution in [-0.4, -0.2) is 26.6 Å². The molecule has 0 aliphatic carbocycles. The number of aromatic nitrogens is 4. The van der Waals surface area contributed by atoms with Crippen LogP contribution < -0.4 is 5.32 Å². The van der Waals surface area contributed by atoms with Crippen molar-refractivity contribution >= 4 is 69.7 Å². The number of hydrogen-bond donors (Lipinski definition) is 2. The van der Waals surface area contributed by atoms with Crippen molar-refractivity contribution in [3.63, 3.8) is 0 Å². The number of halogens is 3. The van der Waals surface area contributed by atoms with Gasteiger partial charge in [0.15, 0.2) is 11.0 Å². The summed E-state index contributed by atoms with van der Waals surface area (Å²) in [7, 11) is 1.95. The van der Waals surface area contributed by atoms with Crippen LogP contribution in [0.15, 0.2) is 48.0 Å². The van der Waals surface area contributed by atoms with E-state index in [1.54, 1.807) is 11.3 Å². The molecular formula is C24H26Cl3N5S. The number of thiazole rings is 1. The molecule has 0 radical (unpaired) electrons. The summed E-state index contributed by atoms with van der Waals surface area (Å²) in [6.45, 7) is 5.31. The van der Waals surface area contributed by atoms with Crippen LogP contribution in [0.2, 0.25) is 5.02 Å². The van der Waals surface area contributed by atoms with Gasteiger partial charge < -0.3 is 10.3 Å². The van der Waals surface area contributed by atoms with Crippen LogP contribution in [0.5, 0.6) is 0 Å². The third-order valence-electron chi connectivity index (χ3n) is 5.35. The molecule has 0 aliphatic rings. The van der Waals surface area contributed by atoms with Crippen molar-refractivity contribution in [2.75, 3.05) is 7.05 Å². The third-order valence-corrected chi connectivity index (χ3v) is 6.42. The van der Waals surface area contributed by atoms with E-state index in [-0.39, 0.29) is 24.8 Å². The van der Waals surface area contributed by atoms with Gasteiger partial charge in [-0.15, -0.1) is 36.2 Å². The van der Waals surface area contributed by atoms with E-state index in [4.69, 9.17) is 21.6 Å². The molecule has 0 saturated heterocycles. The molecule has 0 amide bonds. The van der Waals surface area contributed by atoms with Gasteiger partial charge in [-0.05, 0) is 54.8 Å². The van der Waals surface area contributed by atoms with Gasteiger partial charge in [-0.3, -0.25) is 4.57 Å². The molecule has 5 aromatic rings. The van der Waals surface area contributed by atoms with Crippen molar-refractivity contribution in [2.24, 2.45) is 5.92 Å². The molecule has 3 heterocycles. The molecule has 5 rings (SSSR count). The number of hydrogen-bond acceptors (Lipinski definition) is 4. The summed E-state index contributed by atoms with van der Waals surface area (Å²) in [5, 5.41) is 8.11. The first-order chi connectivity index (χ1) is 15.0. The first-order valence-corrected chi connectivity index (χ1v) is 11.7. The normalized spacial score (nSPS) is 11.2. The first-order valence-electron chi connectivity index (χ1n) is 10.4. The molecule has 2 aromatic carbocycles. The number of fused-ring (bicyclic) bond motifs is 2. The van der Waals surface area contributed by atoms with Gasteiger partial charge in [0.2, 0.25) is 0 Å². The maximum absolute atomic E-state index is 6.32. The minimum atomic E-state index is 0. The van der Waals surface area contributed by atoms with Crippen molar-refractivity contribution in [2.45, 2.75) is 26.8 Å². The second-order valence-electron chi connectivity index (χ2n) is 8.27. The van der Waals surface area contributed by atoms with Crippen molar-refractivity contribution in [3.05, 3.63) is 64.1 Å². The second kappa shape index (κ2) is 10.5. The molecule has 174 valence electrons. The molecular weight excluding hydrogens is 497 g/mol.